The Labute approximate surface area is 159 Å². The number of benzene rings is 1. The molecule has 0 aliphatic carbocycles. The Morgan fingerprint density at radius 1 is 1.33 bits per heavy atom. The Morgan fingerprint density at radius 3 is 2.93 bits per heavy atom. The summed E-state index contributed by atoms with van der Waals surface area (Å²) < 4.78 is 8.24. The number of rotatable bonds is 7. The Kier molecular flexibility index (Phi) is 5.82. The molecule has 140 valence electrons. The van der Waals surface area contributed by atoms with Gasteiger partial charge in [-0.3, -0.25) is 9.59 Å². The van der Waals surface area contributed by atoms with Gasteiger partial charge in [-0.05, 0) is 31.2 Å². The van der Waals surface area contributed by atoms with Gasteiger partial charge in [-0.25, -0.2) is 14.3 Å². The first-order valence-electron chi connectivity index (χ1n) is 8.16. The predicted octanol–water partition coefficient (Wildman–Crippen LogP) is 1.06. The Morgan fingerprint density at radius 2 is 2.19 bits per heavy atom. The second kappa shape index (κ2) is 8.45. The molecule has 2 heterocycles. The second-order valence-electron chi connectivity index (χ2n) is 5.60. The van der Waals surface area contributed by atoms with Gasteiger partial charge in [0.05, 0.1) is 6.54 Å². The maximum Gasteiger partial charge on any atom is 0.266 e. The summed E-state index contributed by atoms with van der Waals surface area (Å²) in [5.41, 5.74) is -0.281. The zero-order valence-electron chi connectivity index (χ0n) is 14.4. The maximum atomic E-state index is 12.2. The van der Waals surface area contributed by atoms with Crippen molar-refractivity contribution >= 4 is 17.5 Å². The zero-order valence-corrected chi connectivity index (χ0v) is 15.2. The van der Waals surface area contributed by atoms with E-state index in [1.807, 2.05) is 0 Å². The summed E-state index contributed by atoms with van der Waals surface area (Å²) in [6.45, 7) is 2.05. The van der Waals surface area contributed by atoms with E-state index in [-0.39, 0.29) is 24.6 Å². The molecule has 2 aromatic heterocycles. The van der Waals surface area contributed by atoms with Crippen LogP contribution in [0.15, 0.2) is 53.8 Å². The quantitative estimate of drug-likeness (QED) is 0.649. The molecule has 0 radical (unpaired) electrons. The molecule has 9 nitrogen and oxygen atoms in total. The van der Waals surface area contributed by atoms with E-state index in [0.717, 1.165) is 0 Å². The lowest BCUT2D eigenvalue weighted by atomic mass is 10.3. The summed E-state index contributed by atoms with van der Waals surface area (Å²) in [5, 5.41) is 11.4. The number of carbonyl (C=O) groups excluding carboxylic acids is 1. The van der Waals surface area contributed by atoms with Crippen molar-refractivity contribution in [3.05, 3.63) is 64.4 Å². The fourth-order valence-electron chi connectivity index (χ4n) is 2.27. The van der Waals surface area contributed by atoms with Crippen molar-refractivity contribution in [2.45, 2.75) is 19.6 Å². The lowest BCUT2D eigenvalue weighted by Gasteiger charge is -2.15. The van der Waals surface area contributed by atoms with Gasteiger partial charge < -0.3 is 10.1 Å². The molecule has 1 N–H and O–H groups in total. The summed E-state index contributed by atoms with van der Waals surface area (Å²) in [6.07, 6.45) is 2.14. The molecule has 3 aromatic rings. The predicted molar refractivity (Wildman–Crippen MR) is 98.0 cm³/mol. The van der Waals surface area contributed by atoms with E-state index in [2.05, 4.69) is 20.5 Å². The number of ether oxygens (including phenoxy) is 1. The van der Waals surface area contributed by atoms with Crippen LogP contribution in [-0.4, -0.2) is 43.1 Å². The van der Waals surface area contributed by atoms with E-state index in [0.29, 0.717) is 16.6 Å². The molecule has 27 heavy (non-hydrogen) atoms. The molecule has 0 bridgehead atoms. The van der Waals surface area contributed by atoms with Crippen LogP contribution in [0.4, 0.5) is 0 Å². The van der Waals surface area contributed by atoms with E-state index in [1.54, 1.807) is 37.3 Å². The van der Waals surface area contributed by atoms with Gasteiger partial charge in [-0.15, -0.1) is 5.10 Å². The molecule has 0 saturated heterocycles. The van der Waals surface area contributed by atoms with Gasteiger partial charge in [0.2, 0.25) is 0 Å². The van der Waals surface area contributed by atoms with Gasteiger partial charge in [-0.1, -0.05) is 17.7 Å². The molecule has 1 aromatic carbocycles. The molecule has 0 unspecified atom stereocenters. The molecule has 0 fully saturated rings. The SMILES string of the molecule is C[C@@H](Oc1cccc(Cl)c1)C(=O)NCCn1nc(-n2cncn2)ccc1=O. The number of nitrogens with zero attached hydrogens (tertiary/aromatic N) is 5. The highest BCUT2D eigenvalue weighted by Gasteiger charge is 2.14. The molecule has 1 atom stereocenters. The fraction of sp³-hybridized carbons (Fsp3) is 0.235. The standard InChI is InChI=1S/C17H17ClN6O3/c1-12(27-14-4-2-3-13(18)9-14)17(26)20-7-8-23-16(25)6-5-15(22-23)24-11-19-10-21-24/h2-6,9-12H,7-8H2,1H3,(H,20,26)/t12-/m1/s1. The second-order valence-corrected chi connectivity index (χ2v) is 6.04. The van der Waals surface area contributed by atoms with Gasteiger partial charge in [0.15, 0.2) is 11.9 Å². The molecular weight excluding hydrogens is 372 g/mol. The largest absolute Gasteiger partial charge is 0.481 e. The van der Waals surface area contributed by atoms with Gasteiger partial charge in [0.25, 0.3) is 11.5 Å². The van der Waals surface area contributed by atoms with Crippen LogP contribution in [0.1, 0.15) is 6.92 Å². The molecule has 10 heteroatoms. The number of aromatic nitrogens is 5. The third kappa shape index (κ3) is 4.91. The van der Waals surface area contributed by atoms with Crippen LogP contribution in [-0.2, 0) is 11.3 Å². The summed E-state index contributed by atoms with van der Waals surface area (Å²) in [7, 11) is 0. The topological polar surface area (TPSA) is 104 Å². The van der Waals surface area contributed by atoms with Crippen LogP contribution < -0.4 is 15.6 Å². The van der Waals surface area contributed by atoms with Crippen LogP contribution in [0, 0.1) is 0 Å². The average molecular weight is 389 g/mol. The van der Waals surface area contributed by atoms with Crippen molar-refractivity contribution in [1.29, 1.82) is 0 Å². The first-order chi connectivity index (χ1) is 13.0. The molecule has 0 saturated carbocycles. The minimum atomic E-state index is -0.713. The molecule has 0 aliphatic heterocycles. The first-order valence-corrected chi connectivity index (χ1v) is 8.54. The van der Waals surface area contributed by atoms with Crippen molar-refractivity contribution < 1.29 is 9.53 Å². The maximum absolute atomic E-state index is 12.2. The third-order valence-electron chi connectivity index (χ3n) is 3.61. The number of halogens is 1. The van der Waals surface area contributed by atoms with Crippen molar-refractivity contribution in [3.8, 4) is 11.6 Å². The van der Waals surface area contributed by atoms with E-state index >= 15 is 0 Å². The van der Waals surface area contributed by atoms with Gasteiger partial charge in [-0.2, -0.15) is 5.10 Å². The van der Waals surface area contributed by atoms with E-state index in [4.69, 9.17) is 16.3 Å². The summed E-state index contributed by atoms with van der Waals surface area (Å²) in [4.78, 5) is 27.9. The van der Waals surface area contributed by atoms with Crippen LogP contribution in [0.25, 0.3) is 5.82 Å². The molecular formula is C17H17ClN6O3. The summed E-state index contributed by atoms with van der Waals surface area (Å²) in [5.74, 6) is 0.648. The number of nitrogens with one attached hydrogen (secondary N) is 1. The first kappa shape index (κ1) is 18.6. The Hall–Kier alpha value is -3.20. The fourth-order valence-corrected chi connectivity index (χ4v) is 2.45. The highest BCUT2D eigenvalue weighted by atomic mass is 35.5. The van der Waals surface area contributed by atoms with Gasteiger partial charge in [0.1, 0.15) is 18.4 Å². The molecule has 3 rings (SSSR count). The number of amides is 1. The normalized spacial score (nSPS) is 11.8. The van der Waals surface area contributed by atoms with E-state index in [9.17, 15) is 9.59 Å². The molecule has 1 amide bonds. The number of hydrogen-bond donors (Lipinski definition) is 1. The van der Waals surface area contributed by atoms with Crippen LogP contribution in [0.5, 0.6) is 5.75 Å². The lowest BCUT2D eigenvalue weighted by molar-refractivity contribution is -0.127. The van der Waals surface area contributed by atoms with Crippen LogP contribution in [0.2, 0.25) is 5.02 Å². The highest BCUT2D eigenvalue weighted by molar-refractivity contribution is 6.30. The Bertz CT molecular complexity index is 973. The molecule has 0 aliphatic rings. The average Bonchev–Trinajstić information content (AvgIpc) is 3.18. The zero-order chi connectivity index (χ0) is 19.2. The van der Waals surface area contributed by atoms with E-state index < -0.39 is 6.10 Å². The monoisotopic (exact) mass is 388 g/mol. The van der Waals surface area contributed by atoms with E-state index in [1.165, 1.54) is 28.1 Å². The van der Waals surface area contributed by atoms with Gasteiger partial charge >= 0.3 is 0 Å². The van der Waals surface area contributed by atoms with Crippen LogP contribution in [0.3, 0.4) is 0 Å². The molecule has 0 spiro atoms. The minimum Gasteiger partial charge on any atom is -0.481 e. The Balaban J connectivity index is 1.55. The smallest absolute Gasteiger partial charge is 0.266 e. The lowest BCUT2D eigenvalue weighted by Crippen LogP contribution is -2.39. The number of carbonyl (C=O) groups is 1. The van der Waals surface area contributed by atoms with Crippen molar-refractivity contribution in [2.24, 2.45) is 0 Å². The van der Waals surface area contributed by atoms with Crippen LogP contribution >= 0.6 is 11.6 Å². The number of hydrogen-bond acceptors (Lipinski definition) is 6. The van der Waals surface area contributed by atoms with Crippen molar-refractivity contribution in [1.82, 2.24) is 29.9 Å². The van der Waals surface area contributed by atoms with Crippen molar-refractivity contribution in [2.75, 3.05) is 6.54 Å². The minimum absolute atomic E-state index is 0.205. The van der Waals surface area contributed by atoms with Crippen molar-refractivity contribution in [3.63, 3.8) is 0 Å². The highest BCUT2D eigenvalue weighted by Crippen LogP contribution is 2.18. The third-order valence-corrected chi connectivity index (χ3v) is 3.84. The summed E-state index contributed by atoms with van der Waals surface area (Å²) in [6, 6.07) is 9.74. The van der Waals surface area contributed by atoms with Gasteiger partial charge in [0, 0.05) is 17.6 Å². The summed E-state index contributed by atoms with van der Waals surface area (Å²) >= 11 is 5.89.